The average Bonchev–Trinajstić information content (AvgIpc) is 3.70. The van der Waals surface area contributed by atoms with Gasteiger partial charge in [0.05, 0.1) is 5.69 Å². The molecule has 4 aliphatic carbocycles. The van der Waals surface area contributed by atoms with Crippen LogP contribution >= 0.6 is 0 Å². The Hall–Kier alpha value is -2.11. The summed E-state index contributed by atoms with van der Waals surface area (Å²) >= 11 is 0. The molecule has 6 aliphatic rings. The summed E-state index contributed by atoms with van der Waals surface area (Å²) in [7, 11) is 0. The van der Waals surface area contributed by atoms with Gasteiger partial charge in [0.15, 0.2) is 0 Å². The number of halogens is 2. The van der Waals surface area contributed by atoms with Crippen LogP contribution in [0.2, 0.25) is 0 Å². The van der Waals surface area contributed by atoms with Crippen molar-refractivity contribution in [3.8, 4) is 0 Å². The maximum atomic E-state index is 15.2. The van der Waals surface area contributed by atoms with Gasteiger partial charge in [-0.3, -0.25) is 0 Å². The summed E-state index contributed by atoms with van der Waals surface area (Å²) in [4.78, 5) is 0. The van der Waals surface area contributed by atoms with Gasteiger partial charge in [0.2, 0.25) is 11.5 Å². The van der Waals surface area contributed by atoms with Gasteiger partial charge in [-0.05, 0) is 110 Å². The van der Waals surface area contributed by atoms with Gasteiger partial charge in [-0.2, -0.15) is 0 Å². The molecule has 2 aliphatic heterocycles. The van der Waals surface area contributed by atoms with Gasteiger partial charge in [-0.15, -0.1) is 0 Å². The molecule has 228 valence electrons. The molecule has 0 saturated heterocycles. The number of allylic oxidation sites excluding steroid dienone is 3. The van der Waals surface area contributed by atoms with Gasteiger partial charge in [0, 0.05) is 18.6 Å². The van der Waals surface area contributed by atoms with Crippen molar-refractivity contribution in [2.24, 2.45) is 46.3 Å². The lowest BCUT2D eigenvalue weighted by Gasteiger charge is -2.58. The van der Waals surface area contributed by atoms with E-state index in [0.29, 0.717) is 22.6 Å². The maximum absolute atomic E-state index is 15.2. The molecule has 0 aromatic carbocycles. The number of hydrogen-bond acceptors (Lipinski definition) is 1. The second kappa shape index (κ2) is 10.2. The SMILES string of the molecule is CC(C)CCC[C@@H](C)[C@H]1CC[C@H]2[C@@H]3CC=C4C[C@@H](OC5=C6C=CC=[N+]6[B-](F)(F)n6cccc65)CC[C@]4(C)[C@H]3CC[C@]12C. The van der Waals surface area contributed by atoms with E-state index in [9.17, 15) is 0 Å². The highest BCUT2D eigenvalue weighted by atomic mass is 19.2. The maximum Gasteiger partial charge on any atom is 0.737 e. The second-order valence-corrected chi connectivity index (χ2v) is 15.8. The summed E-state index contributed by atoms with van der Waals surface area (Å²) in [5, 5.41) is 0. The van der Waals surface area contributed by atoms with Crippen molar-refractivity contribution in [3.05, 3.63) is 53.5 Å². The number of aromatic nitrogens is 1. The third-order valence-electron chi connectivity index (χ3n) is 13.2. The quantitative estimate of drug-likeness (QED) is 0.233. The standard InChI is InChI=1S/C36H51BF2N2O/c1-24(2)9-6-10-25(3)29-15-16-30-28-14-13-26-23-27(17-19-35(26,4)31(28)18-20-36(29,30)5)42-34-32-11-7-21-40(32)37(38,39)41-22-8-12-33(34)41/h7-8,11-13,21-22,24-25,27-31H,6,9-10,14-20,23H2,1-5H3/t25-,27+,28+,29-,30+,31+,35+,36-/m1/s1. The van der Waals surface area contributed by atoms with Crippen LogP contribution in [-0.4, -0.2) is 28.3 Å². The van der Waals surface area contributed by atoms with Crippen molar-refractivity contribution in [2.75, 3.05) is 0 Å². The highest BCUT2D eigenvalue weighted by molar-refractivity contribution is 6.57. The Morgan fingerprint density at radius 3 is 2.71 bits per heavy atom. The molecule has 42 heavy (non-hydrogen) atoms. The number of nitrogens with zero attached hydrogens (tertiary/aromatic N) is 2. The summed E-state index contributed by atoms with van der Waals surface area (Å²) in [5.41, 5.74) is 3.33. The minimum atomic E-state index is -3.89. The number of ether oxygens (including phenoxy) is 1. The molecule has 3 fully saturated rings. The third kappa shape index (κ3) is 4.27. The summed E-state index contributed by atoms with van der Waals surface area (Å²) < 4.78 is 39.4. The van der Waals surface area contributed by atoms with Crippen LogP contribution in [0.1, 0.15) is 111 Å². The third-order valence-corrected chi connectivity index (χ3v) is 13.2. The Kier molecular flexibility index (Phi) is 6.98. The molecule has 8 atom stereocenters. The van der Waals surface area contributed by atoms with E-state index in [-0.39, 0.29) is 11.5 Å². The summed E-state index contributed by atoms with van der Waals surface area (Å²) in [6.45, 7) is 8.62. The lowest BCUT2D eigenvalue weighted by atomic mass is 9.47. The molecule has 3 nitrogen and oxygen atoms in total. The Balaban J connectivity index is 1.08. The fourth-order valence-electron chi connectivity index (χ4n) is 11.0. The van der Waals surface area contributed by atoms with E-state index in [4.69, 9.17) is 4.74 Å². The molecule has 0 N–H and O–H groups in total. The molecule has 6 heteroatoms. The van der Waals surface area contributed by atoms with E-state index in [1.807, 2.05) is 0 Å². The zero-order valence-electron chi connectivity index (χ0n) is 26.5. The van der Waals surface area contributed by atoms with Crippen molar-refractivity contribution in [1.29, 1.82) is 0 Å². The lowest BCUT2D eigenvalue weighted by Crippen LogP contribution is -2.51. The Bertz CT molecular complexity index is 1360. The minimum absolute atomic E-state index is 0.0261. The van der Waals surface area contributed by atoms with E-state index in [1.165, 1.54) is 63.8 Å². The van der Waals surface area contributed by atoms with Gasteiger partial charge < -0.3 is 22.3 Å². The topological polar surface area (TPSA) is 17.2 Å². The molecule has 3 heterocycles. The minimum Gasteiger partial charge on any atom is -0.482 e. The van der Waals surface area contributed by atoms with E-state index < -0.39 is 6.97 Å². The molecule has 1 aromatic rings. The van der Waals surface area contributed by atoms with E-state index in [0.717, 1.165) is 63.7 Å². The van der Waals surface area contributed by atoms with Crippen molar-refractivity contribution in [2.45, 2.75) is 111 Å². The van der Waals surface area contributed by atoms with Crippen molar-refractivity contribution in [3.63, 3.8) is 0 Å². The average molecular weight is 577 g/mol. The summed E-state index contributed by atoms with van der Waals surface area (Å²) in [6.07, 6.45) is 23.1. The van der Waals surface area contributed by atoms with Gasteiger partial charge in [-0.1, -0.05) is 65.5 Å². The van der Waals surface area contributed by atoms with E-state index in [2.05, 4.69) is 40.7 Å². The first kappa shape index (κ1) is 28.7. The fourth-order valence-corrected chi connectivity index (χ4v) is 11.0. The summed E-state index contributed by atoms with van der Waals surface area (Å²) in [5.74, 6) is 5.59. The first-order valence-electron chi connectivity index (χ1n) is 17.1. The number of hydrogen-bond donors (Lipinski definition) is 0. The molecule has 0 radical (unpaired) electrons. The first-order valence-corrected chi connectivity index (χ1v) is 17.1. The zero-order chi connectivity index (χ0) is 29.4. The Morgan fingerprint density at radius 1 is 1.07 bits per heavy atom. The molecule has 0 amide bonds. The van der Waals surface area contributed by atoms with Gasteiger partial charge >= 0.3 is 6.97 Å². The molecular formula is C36H51BF2N2O. The normalized spacial score (nSPS) is 38.7. The second-order valence-electron chi connectivity index (χ2n) is 15.8. The number of fused-ring (bicyclic) bond motifs is 7. The van der Waals surface area contributed by atoms with E-state index >= 15 is 8.63 Å². The van der Waals surface area contributed by atoms with Gasteiger partial charge in [0.1, 0.15) is 12.3 Å². The highest BCUT2D eigenvalue weighted by Gasteiger charge is 2.59. The monoisotopic (exact) mass is 576 g/mol. The van der Waals surface area contributed by atoms with Gasteiger partial charge in [-0.25, -0.2) is 0 Å². The molecule has 0 bridgehead atoms. The number of rotatable bonds is 7. The first-order chi connectivity index (χ1) is 20.0. The van der Waals surface area contributed by atoms with Crippen molar-refractivity contribution in [1.82, 2.24) is 4.48 Å². The summed E-state index contributed by atoms with van der Waals surface area (Å²) in [6, 6.07) is 3.48. The zero-order valence-corrected chi connectivity index (χ0v) is 26.5. The fraction of sp³-hybridized carbons (Fsp3) is 0.694. The van der Waals surface area contributed by atoms with Crippen LogP contribution in [-0.2, 0) is 4.74 Å². The molecule has 1 aromatic heterocycles. The van der Waals surface area contributed by atoms with Crippen molar-refractivity contribution < 1.29 is 17.9 Å². The molecular weight excluding hydrogens is 525 g/mol. The highest BCUT2D eigenvalue weighted by Crippen LogP contribution is 2.67. The van der Waals surface area contributed by atoms with Crippen LogP contribution in [0.3, 0.4) is 0 Å². The predicted octanol–water partition coefficient (Wildman–Crippen LogP) is 9.47. The van der Waals surface area contributed by atoms with Crippen LogP contribution < -0.4 is 0 Å². The van der Waals surface area contributed by atoms with Crippen LogP contribution in [0, 0.1) is 46.3 Å². The molecule has 0 unspecified atom stereocenters. The molecule has 7 rings (SSSR count). The van der Waals surface area contributed by atoms with Gasteiger partial charge in [0.25, 0.3) is 0 Å². The Labute approximate surface area is 252 Å². The van der Waals surface area contributed by atoms with Crippen LogP contribution in [0.5, 0.6) is 0 Å². The van der Waals surface area contributed by atoms with E-state index in [1.54, 1.807) is 29.9 Å². The lowest BCUT2D eigenvalue weighted by molar-refractivity contribution is -0.358. The Morgan fingerprint density at radius 2 is 1.90 bits per heavy atom. The predicted molar refractivity (Wildman–Crippen MR) is 168 cm³/mol. The molecule has 0 spiro atoms. The molecule has 3 saturated carbocycles. The van der Waals surface area contributed by atoms with Crippen molar-refractivity contribution >= 4 is 18.9 Å². The van der Waals surface area contributed by atoms with Crippen LogP contribution in [0.25, 0.3) is 5.76 Å². The smallest absolute Gasteiger partial charge is 0.482 e. The largest absolute Gasteiger partial charge is 0.737 e. The van der Waals surface area contributed by atoms with Crippen LogP contribution in [0.4, 0.5) is 8.63 Å². The van der Waals surface area contributed by atoms with Crippen LogP contribution in [0.15, 0.2) is 47.8 Å².